The Hall–Kier alpha value is -2.40. The lowest BCUT2D eigenvalue weighted by Gasteiger charge is -2.15. The van der Waals surface area contributed by atoms with E-state index >= 15 is 0 Å². The molecule has 0 fully saturated rings. The normalized spacial score (nSPS) is 8.94. The molecule has 4 nitrogen and oxygen atoms in total. The number of hydrogen-bond acceptors (Lipinski definition) is 3. The van der Waals surface area contributed by atoms with Crippen LogP contribution in [0.15, 0.2) is 24.3 Å². The first-order valence-corrected chi connectivity index (χ1v) is 4.47. The van der Waals surface area contributed by atoms with Gasteiger partial charge in [0.05, 0.1) is 12.1 Å². The summed E-state index contributed by atoms with van der Waals surface area (Å²) >= 11 is 0. The quantitative estimate of drug-likeness (QED) is 0.717. The molecule has 1 amide bonds. The minimum absolute atomic E-state index is 0.130. The van der Waals surface area contributed by atoms with E-state index in [2.05, 4.69) is 0 Å². The first-order chi connectivity index (χ1) is 7.69. The van der Waals surface area contributed by atoms with Crippen LogP contribution >= 0.6 is 0 Å². The highest BCUT2D eigenvalue weighted by Gasteiger charge is 2.15. The molecule has 1 aromatic carbocycles. The average Bonchev–Trinajstić information content (AvgIpc) is 2.28. The zero-order chi connectivity index (χ0) is 12.0. The molecule has 0 heterocycles. The summed E-state index contributed by atoms with van der Waals surface area (Å²) < 4.78 is 12.9. The van der Waals surface area contributed by atoms with Crippen LogP contribution in [0.5, 0.6) is 0 Å². The van der Waals surface area contributed by atoms with Gasteiger partial charge >= 0.3 is 0 Å². The molecule has 0 saturated carbocycles. The summed E-state index contributed by atoms with van der Waals surface area (Å²) in [7, 11) is 0. The van der Waals surface area contributed by atoms with Gasteiger partial charge in [-0.25, -0.2) is 4.39 Å². The molecule has 16 heavy (non-hydrogen) atoms. The standard InChI is InChI=1S/C11H8FN3O/c12-10-3-1-2-9(8-10)11(16)15(6-4-13)7-5-14/h1-3,8H,6-7H2. The van der Waals surface area contributed by atoms with Gasteiger partial charge in [0, 0.05) is 5.56 Å². The van der Waals surface area contributed by atoms with E-state index in [1.807, 2.05) is 0 Å². The second kappa shape index (κ2) is 5.47. The number of amides is 1. The van der Waals surface area contributed by atoms with E-state index in [1.54, 1.807) is 12.1 Å². The Morgan fingerprint density at radius 2 is 1.94 bits per heavy atom. The maximum Gasteiger partial charge on any atom is 0.255 e. The number of nitriles is 2. The van der Waals surface area contributed by atoms with Crippen LogP contribution in [-0.4, -0.2) is 23.9 Å². The van der Waals surface area contributed by atoms with E-state index < -0.39 is 11.7 Å². The number of halogens is 1. The van der Waals surface area contributed by atoms with Crippen molar-refractivity contribution < 1.29 is 9.18 Å². The van der Waals surface area contributed by atoms with Gasteiger partial charge < -0.3 is 4.90 Å². The first kappa shape index (κ1) is 11.7. The predicted octanol–water partition coefficient (Wildman–Crippen LogP) is 1.32. The third-order valence-corrected chi connectivity index (χ3v) is 1.88. The van der Waals surface area contributed by atoms with Gasteiger partial charge in [0.1, 0.15) is 18.9 Å². The third kappa shape index (κ3) is 2.79. The van der Waals surface area contributed by atoms with E-state index in [0.29, 0.717) is 0 Å². The fourth-order valence-corrected chi connectivity index (χ4v) is 1.17. The predicted molar refractivity (Wildman–Crippen MR) is 53.5 cm³/mol. The van der Waals surface area contributed by atoms with Crippen LogP contribution in [0, 0.1) is 28.5 Å². The van der Waals surface area contributed by atoms with Gasteiger partial charge in [0.25, 0.3) is 5.91 Å². The second-order valence-corrected chi connectivity index (χ2v) is 2.99. The summed E-state index contributed by atoms with van der Waals surface area (Å²) in [4.78, 5) is 12.8. The molecule has 0 aliphatic rings. The molecule has 5 heteroatoms. The molecular weight excluding hydrogens is 209 g/mol. The highest BCUT2D eigenvalue weighted by Crippen LogP contribution is 2.07. The molecule has 0 aromatic heterocycles. The zero-order valence-corrected chi connectivity index (χ0v) is 8.35. The van der Waals surface area contributed by atoms with Crippen LogP contribution < -0.4 is 0 Å². The molecule has 0 bridgehead atoms. The molecule has 0 spiro atoms. The van der Waals surface area contributed by atoms with Gasteiger partial charge in [-0.2, -0.15) is 10.5 Å². The number of benzene rings is 1. The maximum absolute atomic E-state index is 12.9. The summed E-state index contributed by atoms with van der Waals surface area (Å²) in [6, 6.07) is 8.69. The minimum Gasteiger partial charge on any atom is -0.312 e. The van der Waals surface area contributed by atoms with Crippen molar-refractivity contribution in [2.45, 2.75) is 0 Å². The summed E-state index contributed by atoms with van der Waals surface area (Å²) in [6.45, 7) is -0.383. The SMILES string of the molecule is N#CCN(CC#N)C(=O)c1cccc(F)c1. The second-order valence-electron chi connectivity index (χ2n) is 2.99. The van der Waals surface area contributed by atoms with Gasteiger partial charge in [-0.1, -0.05) is 6.07 Å². The maximum atomic E-state index is 12.9. The van der Waals surface area contributed by atoms with Crippen LogP contribution in [0.2, 0.25) is 0 Å². The van der Waals surface area contributed by atoms with Crippen molar-refractivity contribution in [2.24, 2.45) is 0 Å². The topological polar surface area (TPSA) is 67.9 Å². The molecule has 0 radical (unpaired) electrons. The minimum atomic E-state index is -0.528. The number of hydrogen-bond donors (Lipinski definition) is 0. The van der Waals surface area contributed by atoms with E-state index in [0.717, 1.165) is 11.0 Å². The summed E-state index contributed by atoms with van der Waals surface area (Å²) in [6.07, 6.45) is 0. The van der Waals surface area contributed by atoms with E-state index in [-0.39, 0.29) is 18.7 Å². The smallest absolute Gasteiger partial charge is 0.255 e. The van der Waals surface area contributed by atoms with Crippen molar-refractivity contribution in [3.63, 3.8) is 0 Å². The van der Waals surface area contributed by atoms with Crippen molar-refractivity contribution in [3.8, 4) is 12.1 Å². The largest absolute Gasteiger partial charge is 0.312 e. The number of rotatable bonds is 3. The summed E-state index contributed by atoms with van der Waals surface area (Å²) in [5, 5.41) is 17.0. The van der Waals surface area contributed by atoms with Crippen molar-refractivity contribution in [3.05, 3.63) is 35.6 Å². The van der Waals surface area contributed by atoms with Crippen molar-refractivity contribution >= 4 is 5.91 Å². The molecule has 1 aromatic rings. The Morgan fingerprint density at radius 3 is 2.44 bits per heavy atom. The van der Waals surface area contributed by atoms with Gasteiger partial charge in [0.15, 0.2) is 0 Å². The molecule has 0 saturated heterocycles. The molecule has 0 atom stereocenters. The monoisotopic (exact) mass is 217 g/mol. The number of carbonyl (C=O) groups is 1. The van der Waals surface area contributed by atoms with Crippen LogP contribution in [0.25, 0.3) is 0 Å². The fraction of sp³-hybridized carbons (Fsp3) is 0.182. The van der Waals surface area contributed by atoms with Crippen LogP contribution in [0.3, 0.4) is 0 Å². The van der Waals surface area contributed by atoms with E-state index in [9.17, 15) is 9.18 Å². The average molecular weight is 217 g/mol. The number of nitrogens with zero attached hydrogens (tertiary/aromatic N) is 3. The molecule has 0 aliphatic carbocycles. The Morgan fingerprint density at radius 1 is 1.31 bits per heavy atom. The van der Waals surface area contributed by atoms with Gasteiger partial charge in [-0.15, -0.1) is 0 Å². The zero-order valence-electron chi connectivity index (χ0n) is 8.35. The van der Waals surface area contributed by atoms with Gasteiger partial charge in [0.2, 0.25) is 0 Å². The van der Waals surface area contributed by atoms with Gasteiger partial charge in [-0.3, -0.25) is 4.79 Å². The summed E-state index contributed by atoms with van der Waals surface area (Å²) in [5.41, 5.74) is 0.130. The van der Waals surface area contributed by atoms with Crippen molar-refractivity contribution in [1.29, 1.82) is 10.5 Å². The van der Waals surface area contributed by atoms with E-state index in [4.69, 9.17) is 10.5 Å². The lowest BCUT2D eigenvalue weighted by molar-refractivity contribution is 0.0794. The van der Waals surface area contributed by atoms with Crippen molar-refractivity contribution in [1.82, 2.24) is 4.90 Å². The number of carbonyl (C=O) groups excluding carboxylic acids is 1. The molecular formula is C11H8FN3O. The highest BCUT2D eigenvalue weighted by molar-refractivity contribution is 5.94. The van der Waals surface area contributed by atoms with E-state index in [1.165, 1.54) is 18.2 Å². The Kier molecular flexibility index (Phi) is 3.99. The Balaban J connectivity index is 2.91. The lowest BCUT2D eigenvalue weighted by Crippen LogP contribution is -2.31. The molecule has 80 valence electrons. The molecule has 0 aliphatic heterocycles. The van der Waals surface area contributed by atoms with Crippen LogP contribution in [0.1, 0.15) is 10.4 Å². The molecule has 0 N–H and O–H groups in total. The molecule has 0 unspecified atom stereocenters. The highest BCUT2D eigenvalue weighted by atomic mass is 19.1. The Bertz CT molecular complexity index is 457. The molecule has 1 rings (SSSR count). The lowest BCUT2D eigenvalue weighted by atomic mass is 10.2. The van der Waals surface area contributed by atoms with Gasteiger partial charge in [-0.05, 0) is 18.2 Å². The fourth-order valence-electron chi connectivity index (χ4n) is 1.17. The van der Waals surface area contributed by atoms with Crippen LogP contribution in [0.4, 0.5) is 4.39 Å². The first-order valence-electron chi connectivity index (χ1n) is 4.47. The summed E-state index contributed by atoms with van der Waals surface area (Å²) in [5.74, 6) is -1.05. The third-order valence-electron chi connectivity index (χ3n) is 1.88. The Labute approximate surface area is 92.1 Å². The van der Waals surface area contributed by atoms with Crippen molar-refractivity contribution in [2.75, 3.05) is 13.1 Å². The van der Waals surface area contributed by atoms with Crippen LogP contribution in [-0.2, 0) is 0 Å².